The van der Waals surface area contributed by atoms with Crippen molar-refractivity contribution in [1.29, 1.82) is 0 Å². The highest BCUT2D eigenvalue weighted by Gasteiger charge is 2.08. The van der Waals surface area contributed by atoms with Crippen LogP contribution in [-0.4, -0.2) is 5.91 Å². The molecule has 0 saturated heterocycles. The van der Waals surface area contributed by atoms with E-state index in [1.54, 1.807) is 0 Å². The van der Waals surface area contributed by atoms with Crippen LogP contribution in [0.25, 0.3) is 0 Å². The van der Waals surface area contributed by atoms with Crippen LogP contribution in [0.4, 0.5) is 11.4 Å². The van der Waals surface area contributed by atoms with Crippen molar-refractivity contribution in [2.45, 2.75) is 13.3 Å². The molecule has 3 aromatic rings. The molecule has 0 atom stereocenters. The predicted molar refractivity (Wildman–Crippen MR) is 99.2 cm³/mol. The largest absolute Gasteiger partial charge is 0.399 e. The molecule has 0 fully saturated rings. The smallest absolute Gasteiger partial charge is 0.255 e. The van der Waals surface area contributed by atoms with E-state index in [4.69, 9.17) is 5.73 Å². The molecule has 24 heavy (non-hydrogen) atoms. The molecule has 0 saturated carbocycles. The summed E-state index contributed by atoms with van der Waals surface area (Å²) in [6.45, 7) is 1.94. The highest BCUT2D eigenvalue weighted by atomic mass is 16.1. The molecule has 0 radical (unpaired) electrons. The third-order valence-corrected chi connectivity index (χ3v) is 3.96. The van der Waals surface area contributed by atoms with Gasteiger partial charge in [-0.3, -0.25) is 4.79 Å². The number of anilines is 2. The molecule has 0 aromatic heterocycles. The first kappa shape index (κ1) is 15.8. The van der Waals surface area contributed by atoms with E-state index in [9.17, 15) is 4.79 Å². The Morgan fingerprint density at radius 2 is 1.67 bits per heavy atom. The van der Waals surface area contributed by atoms with E-state index in [0.717, 1.165) is 28.9 Å². The summed E-state index contributed by atoms with van der Waals surface area (Å²) in [5.41, 5.74) is 11.3. The topological polar surface area (TPSA) is 55.1 Å². The Labute approximate surface area is 142 Å². The van der Waals surface area contributed by atoms with Crippen LogP contribution in [0.1, 0.15) is 27.0 Å². The van der Waals surface area contributed by atoms with Gasteiger partial charge in [0.1, 0.15) is 0 Å². The molecule has 0 aliphatic heterocycles. The van der Waals surface area contributed by atoms with Gasteiger partial charge in [0.25, 0.3) is 5.91 Å². The second-order valence-electron chi connectivity index (χ2n) is 5.89. The second-order valence-corrected chi connectivity index (χ2v) is 5.89. The molecule has 3 rings (SSSR count). The fraction of sp³-hybridized carbons (Fsp3) is 0.0952. The van der Waals surface area contributed by atoms with Crippen LogP contribution >= 0.6 is 0 Å². The van der Waals surface area contributed by atoms with E-state index < -0.39 is 0 Å². The summed E-state index contributed by atoms with van der Waals surface area (Å²) < 4.78 is 0. The summed E-state index contributed by atoms with van der Waals surface area (Å²) in [5.74, 6) is -0.0854. The lowest BCUT2D eigenvalue weighted by atomic mass is 10.0. The maximum atomic E-state index is 12.4. The lowest BCUT2D eigenvalue weighted by Crippen LogP contribution is -2.13. The molecule has 0 heterocycles. The molecule has 3 N–H and O–H groups in total. The zero-order chi connectivity index (χ0) is 16.9. The van der Waals surface area contributed by atoms with Gasteiger partial charge < -0.3 is 11.1 Å². The number of carbonyl (C=O) groups is 1. The highest BCUT2D eigenvalue weighted by molar-refractivity contribution is 6.05. The normalized spacial score (nSPS) is 10.4. The fourth-order valence-corrected chi connectivity index (χ4v) is 2.66. The number of carbonyl (C=O) groups excluding carboxylic acids is 1. The second kappa shape index (κ2) is 7.01. The van der Waals surface area contributed by atoms with Gasteiger partial charge in [0.2, 0.25) is 0 Å². The molecule has 0 aliphatic rings. The van der Waals surface area contributed by atoms with E-state index >= 15 is 0 Å². The molecule has 0 unspecified atom stereocenters. The summed E-state index contributed by atoms with van der Waals surface area (Å²) in [5, 5.41) is 2.98. The average molecular weight is 316 g/mol. The zero-order valence-corrected chi connectivity index (χ0v) is 13.6. The average Bonchev–Trinajstić information content (AvgIpc) is 2.58. The number of aryl methyl sites for hydroxylation is 1. The molecule has 0 bridgehead atoms. The number of hydrogen-bond donors (Lipinski definition) is 2. The Balaban J connectivity index is 1.74. The van der Waals surface area contributed by atoms with Gasteiger partial charge in [0.15, 0.2) is 0 Å². The summed E-state index contributed by atoms with van der Waals surface area (Å²) in [6.07, 6.45) is 0.800. The van der Waals surface area contributed by atoms with Gasteiger partial charge in [-0.05, 0) is 60.4 Å². The predicted octanol–water partition coefficient (Wildman–Crippen LogP) is 4.42. The maximum absolute atomic E-state index is 12.4. The number of nitrogens with two attached hydrogens (primary N) is 1. The number of rotatable bonds is 4. The first-order chi connectivity index (χ1) is 11.6. The Morgan fingerprint density at radius 1 is 0.917 bits per heavy atom. The highest BCUT2D eigenvalue weighted by Crippen LogP contribution is 2.17. The Kier molecular flexibility index (Phi) is 4.62. The minimum atomic E-state index is -0.0854. The molecule has 0 spiro atoms. The third-order valence-electron chi connectivity index (χ3n) is 3.96. The van der Waals surface area contributed by atoms with Crippen LogP contribution in [0.5, 0.6) is 0 Å². The van der Waals surface area contributed by atoms with Crippen molar-refractivity contribution >= 4 is 17.3 Å². The molecule has 3 heteroatoms. The summed E-state index contributed by atoms with van der Waals surface area (Å²) >= 11 is 0. The van der Waals surface area contributed by atoms with Gasteiger partial charge in [-0.2, -0.15) is 0 Å². The van der Waals surface area contributed by atoms with Crippen LogP contribution in [0.2, 0.25) is 0 Å². The maximum Gasteiger partial charge on any atom is 0.255 e. The van der Waals surface area contributed by atoms with Gasteiger partial charge in [-0.15, -0.1) is 0 Å². The van der Waals surface area contributed by atoms with E-state index in [-0.39, 0.29) is 5.91 Å². The van der Waals surface area contributed by atoms with Crippen LogP contribution in [0.3, 0.4) is 0 Å². The first-order valence-corrected chi connectivity index (χ1v) is 7.92. The van der Waals surface area contributed by atoms with Crippen molar-refractivity contribution in [3.63, 3.8) is 0 Å². The molecule has 1 amide bonds. The fourth-order valence-electron chi connectivity index (χ4n) is 2.66. The van der Waals surface area contributed by atoms with Crippen LogP contribution in [0.15, 0.2) is 72.8 Å². The molecular weight excluding hydrogens is 296 g/mol. The lowest BCUT2D eigenvalue weighted by Gasteiger charge is -2.09. The summed E-state index contributed by atoms with van der Waals surface area (Å²) in [4.78, 5) is 12.4. The van der Waals surface area contributed by atoms with E-state index in [1.807, 2.05) is 73.7 Å². The monoisotopic (exact) mass is 316 g/mol. The Hall–Kier alpha value is -3.07. The van der Waals surface area contributed by atoms with Gasteiger partial charge in [-0.1, -0.05) is 42.5 Å². The van der Waals surface area contributed by atoms with Crippen molar-refractivity contribution in [2.24, 2.45) is 0 Å². The number of benzene rings is 3. The van der Waals surface area contributed by atoms with Gasteiger partial charge in [-0.25, -0.2) is 0 Å². The zero-order valence-electron chi connectivity index (χ0n) is 13.6. The molecule has 3 nitrogen and oxygen atoms in total. The number of nitrogens with one attached hydrogen (secondary N) is 1. The minimum Gasteiger partial charge on any atom is -0.399 e. The summed E-state index contributed by atoms with van der Waals surface area (Å²) in [6, 6.07) is 23.4. The standard InChI is InChI=1S/C21H20N2O/c1-15-5-2-3-8-20(15)21(24)23-19-7-4-6-17(14-19)13-16-9-11-18(22)12-10-16/h2-12,14H,13,22H2,1H3,(H,23,24). The van der Waals surface area contributed by atoms with Gasteiger partial charge in [0, 0.05) is 16.9 Å². The molecule has 3 aromatic carbocycles. The van der Waals surface area contributed by atoms with Crippen molar-refractivity contribution in [1.82, 2.24) is 0 Å². The first-order valence-electron chi connectivity index (χ1n) is 7.92. The van der Waals surface area contributed by atoms with E-state index in [1.165, 1.54) is 5.56 Å². The molecule has 0 aliphatic carbocycles. The van der Waals surface area contributed by atoms with Gasteiger partial charge in [0.05, 0.1) is 0 Å². The Bertz CT molecular complexity index is 854. The number of nitrogen functional groups attached to an aromatic ring is 1. The van der Waals surface area contributed by atoms with Crippen molar-refractivity contribution < 1.29 is 4.79 Å². The van der Waals surface area contributed by atoms with E-state index in [2.05, 4.69) is 11.4 Å². The van der Waals surface area contributed by atoms with Crippen LogP contribution in [-0.2, 0) is 6.42 Å². The van der Waals surface area contributed by atoms with E-state index in [0.29, 0.717) is 5.56 Å². The number of hydrogen-bond acceptors (Lipinski definition) is 2. The minimum absolute atomic E-state index is 0.0854. The number of amides is 1. The van der Waals surface area contributed by atoms with Gasteiger partial charge >= 0.3 is 0 Å². The van der Waals surface area contributed by atoms with Crippen molar-refractivity contribution in [3.8, 4) is 0 Å². The van der Waals surface area contributed by atoms with Crippen molar-refractivity contribution in [2.75, 3.05) is 11.1 Å². The Morgan fingerprint density at radius 3 is 2.42 bits per heavy atom. The quantitative estimate of drug-likeness (QED) is 0.700. The van der Waals surface area contributed by atoms with Crippen LogP contribution in [0, 0.1) is 6.92 Å². The summed E-state index contributed by atoms with van der Waals surface area (Å²) in [7, 11) is 0. The molecular formula is C21H20N2O. The van der Waals surface area contributed by atoms with Crippen molar-refractivity contribution in [3.05, 3.63) is 95.1 Å². The third kappa shape index (κ3) is 3.82. The van der Waals surface area contributed by atoms with Crippen LogP contribution < -0.4 is 11.1 Å². The lowest BCUT2D eigenvalue weighted by molar-refractivity contribution is 0.102. The molecule has 120 valence electrons. The SMILES string of the molecule is Cc1ccccc1C(=O)Nc1cccc(Cc2ccc(N)cc2)c1.